The molecule has 0 saturated carbocycles. The Morgan fingerprint density at radius 3 is 2.38 bits per heavy atom. The highest BCUT2D eigenvalue weighted by Gasteiger charge is 2.33. The molecule has 0 saturated heterocycles. The van der Waals surface area contributed by atoms with Crippen LogP contribution in [0, 0.1) is 11.3 Å². The molecule has 0 aliphatic heterocycles. The van der Waals surface area contributed by atoms with Crippen molar-refractivity contribution in [2.75, 3.05) is 19.4 Å². The number of hydrogen-bond acceptors (Lipinski definition) is 4. The smallest absolute Gasteiger partial charge is 0.381 e. The number of nitrogens with zero attached hydrogens (tertiary/aromatic N) is 2. The molecule has 0 atom stereocenters. The Bertz CT molecular complexity index is 948. The van der Waals surface area contributed by atoms with Gasteiger partial charge in [-0.15, -0.1) is 0 Å². The molecule has 0 spiro atoms. The maximum Gasteiger partial charge on any atom is 0.417 e. The van der Waals surface area contributed by atoms with Crippen molar-refractivity contribution in [1.82, 2.24) is 4.31 Å². The Hall–Kier alpha value is -2.57. The molecular weight excluding hydrogens is 367 g/mol. The van der Waals surface area contributed by atoms with E-state index < -0.39 is 27.3 Å². The standard InChI is InChI=1S/C17H16F3N3O2S/c1-23(2)26(24,25)16-6-4-3-5-12(16)11-22-14-7-8-15(17(18,19)20)13(9-14)10-21/h3-9,22H,11H2,1-2H3. The summed E-state index contributed by atoms with van der Waals surface area (Å²) in [5.41, 5.74) is -0.774. The number of nitrogens with one attached hydrogen (secondary N) is 1. The van der Waals surface area contributed by atoms with E-state index in [1.807, 2.05) is 0 Å². The van der Waals surface area contributed by atoms with Gasteiger partial charge in [0.25, 0.3) is 0 Å². The fourth-order valence-corrected chi connectivity index (χ4v) is 3.40. The molecule has 0 bridgehead atoms. The van der Waals surface area contributed by atoms with Crippen LogP contribution < -0.4 is 5.32 Å². The molecule has 0 aliphatic carbocycles. The molecule has 5 nitrogen and oxygen atoms in total. The van der Waals surface area contributed by atoms with Crippen LogP contribution in [0.3, 0.4) is 0 Å². The topological polar surface area (TPSA) is 73.2 Å². The fourth-order valence-electron chi connectivity index (χ4n) is 2.29. The normalized spacial score (nSPS) is 12.0. The lowest BCUT2D eigenvalue weighted by molar-refractivity contribution is -0.137. The van der Waals surface area contributed by atoms with E-state index in [1.54, 1.807) is 18.2 Å². The van der Waals surface area contributed by atoms with E-state index in [0.717, 1.165) is 16.4 Å². The molecular formula is C17H16F3N3O2S. The molecule has 26 heavy (non-hydrogen) atoms. The fraction of sp³-hybridized carbons (Fsp3) is 0.235. The lowest BCUT2D eigenvalue weighted by Gasteiger charge is -2.16. The number of alkyl halides is 3. The zero-order chi connectivity index (χ0) is 19.5. The van der Waals surface area contributed by atoms with Crippen LogP contribution in [-0.4, -0.2) is 26.8 Å². The molecule has 0 heterocycles. The second kappa shape index (κ2) is 7.35. The average molecular weight is 383 g/mol. The van der Waals surface area contributed by atoms with Gasteiger partial charge in [-0.25, -0.2) is 12.7 Å². The van der Waals surface area contributed by atoms with Crippen molar-refractivity contribution in [2.45, 2.75) is 17.6 Å². The maximum atomic E-state index is 12.8. The first kappa shape index (κ1) is 19.8. The SMILES string of the molecule is CN(C)S(=O)(=O)c1ccccc1CNc1ccc(C(F)(F)F)c(C#N)c1. The molecule has 0 unspecified atom stereocenters. The third-order valence-electron chi connectivity index (χ3n) is 3.66. The van der Waals surface area contributed by atoms with Gasteiger partial charge >= 0.3 is 6.18 Å². The molecule has 138 valence electrons. The summed E-state index contributed by atoms with van der Waals surface area (Å²) in [6.45, 7) is 0.0689. The number of hydrogen-bond donors (Lipinski definition) is 1. The summed E-state index contributed by atoms with van der Waals surface area (Å²) in [5, 5.41) is 11.8. The Morgan fingerprint density at radius 1 is 1.15 bits per heavy atom. The first-order valence-corrected chi connectivity index (χ1v) is 8.87. The average Bonchev–Trinajstić information content (AvgIpc) is 2.58. The van der Waals surface area contributed by atoms with Crippen molar-refractivity contribution in [3.63, 3.8) is 0 Å². The van der Waals surface area contributed by atoms with Gasteiger partial charge in [0, 0.05) is 26.3 Å². The number of benzene rings is 2. The lowest BCUT2D eigenvalue weighted by atomic mass is 10.1. The molecule has 0 amide bonds. The summed E-state index contributed by atoms with van der Waals surface area (Å²) in [7, 11) is -0.836. The molecule has 0 fully saturated rings. The van der Waals surface area contributed by atoms with Crippen molar-refractivity contribution in [1.29, 1.82) is 5.26 Å². The summed E-state index contributed by atoms with van der Waals surface area (Å²) >= 11 is 0. The predicted molar refractivity (Wildman–Crippen MR) is 90.8 cm³/mol. The first-order chi connectivity index (χ1) is 12.1. The number of anilines is 1. The van der Waals surface area contributed by atoms with E-state index in [1.165, 1.54) is 32.3 Å². The number of sulfonamides is 1. The zero-order valence-electron chi connectivity index (χ0n) is 14.0. The van der Waals surface area contributed by atoms with E-state index >= 15 is 0 Å². The van der Waals surface area contributed by atoms with Gasteiger partial charge in [0.15, 0.2) is 0 Å². The van der Waals surface area contributed by atoms with Crippen LogP contribution in [0.4, 0.5) is 18.9 Å². The van der Waals surface area contributed by atoms with Crippen LogP contribution >= 0.6 is 0 Å². The summed E-state index contributed by atoms with van der Waals surface area (Å²) in [5.74, 6) is 0. The molecule has 0 aromatic heterocycles. The predicted octanol–water partition coefficient (Wildman–Crippen LogP) is 3.44. The Kier molecular flexibility index (Phi) is 5.59. The van der Waals surface area contributed by atoms with E-state index in [2.05, 4.69) is 5.32 Å². The molecule has 2 aromatic carbocycles. The number of halogens is 3. The quantitative estimate of drug-likeness (QED) is 0.858. The van der Waals surface area contributed by atoms with Gasteiger partial charge < -0.3 is 5.32 Å². The van der Waals surface area contributed by atoms with E-state index in [0.29, 0.717) is 5.56 Å². The third kappa shape index (κ3) is 4.15. The molecule has 1 N–H and O–H groups in total. The number of rotatable bonds is 5. The molecule has 2 rings (SSSR count). The lowest BCUT2D eigenvalue weighted by Crippen LogP contribution is -2.23. The van der Waals surface area contributed by atoms with Crippen LogP contribution in [-0.2, 0) is 22.7 Å². The summed E-state index contributed by atoms with van der Waals surface area (Å²) < 4.78 is 64.3. The van der Waals surface area contributed by atoms with Crippen LogP contribution in [0.1, 0.15) is 16.7 Å². The minimum atomic E-state index is -4.62. The minimum Gasteiger partial charge on any atom is -0.381 e. The minimum absolute atomic E-state index is 0.0689. The summed E-state index contributed by atoms with van der Waals surface area (Å²) in [6.07, 6.45) is -4.62. The van der Waals surface area contributed by atoms with E-state index in [4.69, 9.17) is 5.26 Å². The van der Waals surface area contributed by atoms with E-state index in [9.17, 15) is 21.6 Å². The largest absolute Gasteiger partial charge is 0.417 e. The van der Waals surface area contributed by atoms with Crippen LogP contribution in [0.5, 0.6) is 0 Å². The second-order valence-electron chi connectivity index (χ2n) is 5.62. The van der Waals surface area contributed by atoms with Gasteiger partial charge in [0.1, 0.15) is 0 Å². The summed E-state index contributed by atoms with van der Waals surface area (Å²) in [4.78, 5) is 0.102. The van der Waals surface area contributed by atoms with E-state index in [-0.39, 0.29) is 17.1 Å². The zero-order valence-corrected chi connectivity index (χ0v) is 14.8. The van der Waals surface area contributed by atoms with Gasteiger partial charge in [0.2, 0.25) is 10.0 Å². The van der Waals surface area contributed by atoms with Gasteiger partial charge in [-0.2, -0.15) is 18.4 Å². The molecule has 0 aliphatic rings. The van der Waals surface area contributed by atoms with Crippen molar-refractivity contribution >= 4 is 15.7 Å². The Balaban J connectivity index is 2.30. The highest BCUT2D eigenvalue weighted by atomic mass is 32.2. The highest BCUT2D eigenvalue weighted by molar-refractivity contribution is 7.89. The van der Waals surface area contributed by atoms with Crippen molar-refractivity contribution in [2.24, 2.45) is 0 Å². The molecule has 9 heteroatoms. The molecule has 0 radical (unpaired) electrons. The van der Waals surface area contributed by atoms with Crippen LogP contribution in [0.25, 0.3) is 0 Å². The van der Waals surface area contributed by atoms with Gasteiger partial charge in [0.05, 0.1) is 22.1 Å². The van der Waals surface area contributed by atoms with Crippen molar-refractivity contribution in [3.05, 3.63) is 59.2 Å². The van der Waals surface area contributed by atoms with Gasteiger partial charge in [-0.3, -0.25) is 0 Å². The monoisotopic (exact) mass is 383 g/mol. The van der Waals surface area contributed by atoms with Crippen LogP contribution in [0.2, 0.25) is 0 Å². The van der Waals surface area contributed by atoms with Gasteiger partial charge in [-0.05, 0) is 29.8 Å². The second-order valence-corrected chi connectivity index (χ2v) is 7.74. The van der Waals surface area contributed by atoms with Crippen LogP contribution in [0.15, 0.2) is 47.4 Å². The van der Waals surface area contributed by atoms with Crippen molar-refractivity contribution < 1.29 is 21.6 Å². The highest BCUT2D eigenvalue weighted by Crippen LogP contribution is 2.33. The molecule has 2 aromatic rings. The third-order valence-corrected chi connectivity index (χ3v) is 5.58. The van der Waals surface area contributed by atoms with Gasteiger partial charge in [-0.1, -0.05) is 18.2 Å². The van der Waals surface area contributed by atoms with Crippen molar-refractivity contribution in [3.8, 4) is 6.07 Å². The maximum absolute atomic E-state index is 12.8. The Morgan fingerprint density at radius 2 is 1.81 bits per heavy atom. The summed E-state index contributed by atoms with van der Waals surface area (Å²) in [6, 6.07) is 11.0. The Labute approximate surface area is 149 Å². The first-order valence-electron chi connectivity index (χ1n) is 7.43. The number of nitriles is 1.